The van der Waals surface area contributed by atoms with Crippen molar-refractivity contribution in [1.29, 1.82) is 0 Å². The van der Waals surface area contributed by atoms with Gasteiger partial charge in [-0.3, -0.25) is 4.79 Å². The summed E-state index contributed by atoms with van der Waals surface area (Å²) in [7, 11) is 0. The van der Waals surface area contributed by atoms with Crippen LogP contribution in [0.4, 0.5) is 5.69 Å². The van der Waals surface area contributed by atoms with Gasteiger partial charge in [-0.15, -0.1) is 10.2 Å². The van der Waals surface area contributed by atoms with E-state index in [1.54, 1.807) is 0 Å². The van der Waals surface area contributed by atoms with E-state index in [-0.39, 0.29) is 11.7 Å². The number of carbonyl (C=O) groups excluding carboxylic acids is 1. The highest BCUT2D eigenvalue weighted by atomic mass is 32.2. The highest BCUT2D eigenvalue weighted by molar-refractivity contribution is 7.99. The smallest absolute Gasteiger partial charge is 0.237 e. The van der Waals surface area contributed by atoms with Gasteiger partial charge in [-0.25, -0.2) is 4.68 Å². The number of carbonyl (C=O) groups is 1. The molecule has 0 unspecified atom stereocenters. The number of para-hydroxylation sites is 1. The number of benzene rings is 2. The molecule has 8 heteroatoms. The Morgan fingerprint density at radius 2 is 1.96 bits per heavy atom. The van der Waals surface area contributed by atoms with Gasteiger partial charge in [0.25, 0.3) is 0 Å². The van der Waals surface area contributed by atoms with Gasteiger partial charge < -0.3 is 15.5 Å². The van der Waals surface area contributed by atoms with Crippen molar-refractivity contribution in [3.05, 3.63) is 54.1 Å². The van der Waals surface area contributed by atoms with E-state index >= 15 is 0 Å². The molecule has 0 saturated carbocycles. The number of thioether (sulfide) groups is 1. The average Bonchev–Trinajstić information content (AvgIpc) is 3.31. The Hall–Kier alpha value is -3.00. The first-order chi connectivity index (χ1) is 13.7. The van der Waals surface area contributed by atoms with Crippen molar-refractivity contribution in [3.63, 3.8) is 0 Å². The van der Waals surface area contributed by atoms with E-state index < -0.39 is 0 Å². The molecular formula is C20H21N5O2S. The van der Waals surface area contributed by atoms with Gasteiger partial charge in [-0.05, 0) is 49.2 Å². The molecule has 7 nitrogen and oxygen atoms in total. The maximum atomic E-state index is 12.7. The standard InChI is InChI=1S/C20H21N5O2S/c1-2-27-16-9-7-15(8-10-16)19-22-23-20(25(19)21)28-13-18(26)24-12-11-14-5-3-4-6-17(14)24/h3-10H,2,11-13,21H2,1H3. The molecule has 0 fully saturated rings. The quantitative estimate of drug-likeness (QED) is 0.510. The maximum Gasteiger partial charge on any atom is 0.237 e. The van der Waals surface area contributed by atoms with Gasteiger partial charge in [-0.2, -0.15) is 0 Å². The summed E-state index contributed by atoms with van der Waals surface area (Å²) in [6.45, 7) is 3.27. The molecule has 1 aliphatic rings. The molecule has 144 valence electrons. The Bertz CT molecular complexity index is 987. The van der Waals surface area contributed by atoms with E-state index in [1.807, 2.05) is 54.3 Å². The third-order valence-corrected chi connectivity index (χ3v) is 5.53. The van der Waals surface area contributed by atoms with Crippen LogP contribution in [0.3, 0.4) is 0 Å². The number of nitrogen functional groups attached to an aromatic ring is 1. The van der Waals surface area contributed by atoms with Gasteiger partial charge in [0.15, 0.2) is 5.82 Å². The van der Waals surface area contributed by atoms with Crippen LogP contribution in [-0.4, -0.2) is 39.7 Å². The van der Waals surface area contributed by atoms with Crippen LogP contribution in [0.25, 0.3) is 11.4 Å². The number of anilines is 1. The molecule has 0 radical (unpaired) electrons. The fourth-order valence-corrected chi connectivity index (χ4v) is 3.97. The number of amides is 1. The second-order valence-electron chi connectivity index (χ2n) is 6.35. The SMILES string of the molecule is CCOc1ccc(-c2nnc(SCC(=O)N3CCc4ccccc43)n2N)cc1. The van der Waals surface area contributed by atoms with Crippen molar-refractivity contribution in [2.24, 2.45) is 0 Å². The van der Waals surface area contributed by atoms with Gasteiger partial charge in [0.2, 0.25) is 11.1 Å². The van der Waals surface area contributed by atoms with E-state index in [4.69, 9.17) is 10.6 Å². The Morgan fingerprint density at radius 1 is 1.18 bits per heavy atom. The lowest BCUT2D eigenvalue weighted by Gasteiger charge is -2.16. The zero-order chi connectivity index (χ0) is 19.5. The molecule has 2 heterocycles. The van der Waals surface area contributed by atoms with E-state index in [9.17, 15) is 4.79 Å². The topological polar surface area (TPSA) is 86.3 Å². The molecule has 1 amide bonds. The minimum Gasteiger partial charge on any atom is -0.494 e. The summed E-state index contributed by atoms with van der Waals surface area (Å²) < 4.78 is 6.87. The third-order valence-electron chi connectivity index (χ3n) is 4.60. The molecule has 0 saturated heterocycles. The molecule has 1 aromatic heterocycles. The first-order valence-corrected chi connectivity index (χ1v) is 10.1. The van der Waals surface area contributed by atoms with Crippen LogP contribution in [0.5, 0.6) is 5.75 Å². The fraction of sp³-hybridized carbons (Fsp3) is 0.250. The van der Waals surface area contributed by atoms with Gasteiger partial charge in [0.05, 0.1) is 12.4 Å². The number of hydrogen-bond donors (Lipinski definition) is 1. The highest BCUT2D eigenvalue weighted by Gasteiger charge is 2.24. The number of fused-ring (bicyclic) bond motifs is 1. The average molecular weight is 395 g/mol. The van der Waals surface area contributed by atoms with E-state index in [0.717, 1.165) is 23.4 Å². The second-order valence-corrected chi connectivity index (χ2v) is 7.29. The molecule has 0 aliphatic carbocycles. The van der Waals surface area contributed by atoms with Crippen molar-refractivity contribution in [2.45, 2.75) is 18.5 Å². The molecule has 1 aliphatic heterocycles. The molecule has 0 bridgehead atoms. The van der Waals surface area contributed by atoms with Gasteiger partial charge in [0.1, 0.15) is 5.75 Å². The Balaban J connectivity index is 1.43. The lowest BCUT2D eigenvalue weighted by Crippen LogP contribution is -2.30. The van der Waals surface area contributed by atoms with Crippen LogP contribution in [0.1, 0.15) is 12.5 Å². The van der Waals surface area contributed by atoms with Crippen LogP contribution in [0.15, 0.2) is 53.7 Å². The molecule has 2 aromatic carbocycles. The van der Waals surface area contributed by atoms with Crippen LogP contribution in [-0.2, 0) is 11.2 Å². The minimum absolute atomic E-state index is 0.0422. The molecule has 2 N–H and O–H groups in total. The molecule has 28 heavy (non-hydrogen) atoms. The molecule has 3 aromatic rings. The summed E-state index contributed by atoms with van der Waals surface area (Å²) in [6, 6.07) is 15.5. The lowest BCUT2D eigenvalue weighted by molar-refractivity contribution is -0.116. The number of rotatable bonds is 6. The van der Waals surface area contributed by atoms with Crippen LogP contribution in [0.2, 0.25) is 0 Å². The zero-order valence-electron chi connectivity index (χ0n) is 15.5. The first-order valence-electron chi connectivity index (χ1n) is 9.12. The largest absolute Gasteiger partial charge is 0.494 e. The number of nitrogens with zero attached hydrogens (tertiary/aromatic N) is 4. The van der Waals surface area contributed by atoms with Crippen molar-refractivity contribution in [3.8, 4) is 17.1 Å². The van der Waals surface area contributed by atoms with Gasteiger partial charge >= 0.3 is 0 Å². The van der Waals surface area contributed by atoms with Gasteiger partial charge in [-0.1, -0.05) is 30.0 Å². The zero-order valence-corrected chi connectivity index (χ0v) is 16.4. The third kappa shape index (κ3) is 3.55. The predicted octanol–water partition coefficient (Wildman–Crippen LogP) is 2.74. The van der Waals surface area contributed by atoms with Crippen molar-refractivity contribution < 1.29 is 9.53 Å². The summed E-state index contributed by atoms with van der Waals surface area (Å²) in [6.07, 6.45) is 0.890. The molecular weight excluding hydrogens is 374 g/mol. The molecule has 4 rings (SSSR count). The van der Waals surface area contributed by atoms with E-state index in [1.165, 1.54) is 22.0 Å². The van der Waals surface area contributed by atoms with Crippen molar-refractivity contribution in [2.75, 3.05) is 29.6 Å². The number of nitrogens with two attached hydrogens (primary N) is 1. The number of ether oxygens (including phenoxy) is 1. The lowest BCUT2D eigenvalue weighted by atomic mass is 10.2. The number of hydrogen-bond acceptors (Lipinski definition) is 6. The van der Waals surface area contributed by atoms with Crippen molar-refractivity contribution in [1.82, 2.24) is 14.9 Å². The summed E-state index contributed by atoms with van der Waals surface area (Å²) in [5.41, 5.74) is 3.04. The summed E-state index contributed by atoms with van der Waals surface area (Å²) in [4.78, 5) is 14.5. The van der Waals surface area contributed by atoms with E-state index in [2.05, 4.69) is 16.3 Å². The molecule has 0 atom stereocenters. The fourth-order valence-electron chi connectivity index (χ4n) is 3.24. The Kier molecular flexibility index (Phi) is 5.21. The first kappa shape index (κ1) is 18.4. The summed E-state index contributed by atoms with van der Waals surface area (Å²) in [5, 5.41) is 8.82. The van der Waals surface area contributed by atoms with Crippen LogP contribution >= 0.6 is 11.8 Å². The monoisotopic (exact) mass is 395 g/mol. The van der Waals surface area contributed by atoms with E-state index in [0.29, 0.717) is 24.1 Å². The highest BCUT2D eigenvalue weighted by Crippen LogP contribution is 2.29. The predicted molar refractivity (Wildman–Crippen MR) is 110 cm³/mol. The number of aromatic nitrogens is 3. The van der Waals surface area contributed by atoms with Crippen LogP contribution < -0.4 is 15.5 Å². The maximum absolute atomic E-state index is 12.7. The van der Waals surface area contributed by atoms with Crippen molar-refractivity contribution >= 4 is 23.4 Å². The van der Waals surface area contributed by atoms with Crippen LogP contribution in [0, 0.1) is 0 Å². The summed E-state index contributed by atoms with van der Waals surface area (Å²) >= 11 is 1.29. The molecule has 0 spiro atoms. The Morgan fingerprint density at radius 3 is 2.75 bits per heavy atom. The minimum atomic E-state index is 0.0422. The summed E-state index contributed by atoms with van der Waals surface area (Å²) in [5.74, 6) is 7.80. The Labute approximate surface area is 167 Å². The second kappa shape index (κ2) is 7.93. The van der Waals surface area contributed by atoms with Gasteiger partial charge in [0, 0.05) is 17.8 Å². The normalized spacial score (nSPS) is 12.8.